The van der Waals surface area contributed by atoms with Crippen molar-refractivity contribution in [1.29, 1.82) is 0 Å². The van der Waals surface area contributed by atoms with Crippen molar-refractivity contribution in [2.24, 2.45) is 0 Å². The van der Waals surface area contributed by atoms with Gasteiger partial charge in [0.15, 0.2) is 0 Å². The number of carboxylic acids is 1. The second kappa shape index (κ2) is 6.02. The summed E-state index contributed by atoms with van der Waals surface area (Å²) in [6.45, 7) is 2.96. The van der Waals surface area contributed by atoms with Crippen molar-refractivity contribution in [2.75, 3.05) is 0 Å². The molecule has 2 nitrogen and oxygen atoms in total. The fourth-order valence-electron chi connectivity index (χ4n) is 0. The summed E-state index contributed by atoms with van der Waals surface area (Å²) in [6, 6.07) is 0. The van der Waals surface area contributed by atoms with E-state index in [1.807, 2.05) is 0 Å². The number of aliphatic carboxylic acids is 1. The first-order valence-corrected chi connectivity index (χ1v) is 1.12. The van der Waals surface area contributed by atoms with E-state index < -0.39 is 5.97 Å². The van der Waals surface area contributed by atoms with Gasteiger partial charge in [0.05, 0.1) is 0 Å². The van der Waals surface area contributed by atoms with Gasteiger partial charge in [0.25, 0.3) is 0 Å². The quantitative estimate of drug-likeness (QED) is 0.424. The SMILES string of the molecule is C=CC(=O)O.[H-].[Rb+]. The van der Waals surface area contributed by atoms with Crippen LogP contribution in [0, 0.1) is 0 Å². The van der Waals surface area contributed by atoms with Gasteiger partial charge >= 0.3 is 64.2 Å². The van der Waals surface area contributed by atoms with Crippen LogP contribution < -0.4 is 58.2 Å². The number of hydrogen-bond acceptors (Lipinski definition) is 1. The second-order valence-electron chi connectivity index (χ2n) is 0.542. The Labute approximate surface area is 86.5 Å². The molecule has 0 aromatic heterocycles. The van der Waals surface area contributed by atoms with E-state index in [2.05, 4.69) is 6.58 Å². The minimum absolute atomic E-state index is 0. The van der Waals surface area contributed by atoms with Gasteiger partial charge in [-0.2, -0.15) is 0 Å². The van der Waals surface area contributed by atoms with Gasteiger partial charge in [0, 0.05) is 6.08 Å². The summed E-state index contributed by atoms with van der Waals surface area (Å²) in [5, 5.41) is 7.60. The molecule has 0 amide bonds. The molecule has 6 heavy (non-hydrogen) atoms. The van der Waals surface area contributed by atoms with E-state index in [4.69, 9.17) is 5.11 Å². The molecule has 3 heteroatoms. The molecule has 0 fully saturated rings. The summed E-state index contributed by atoms with van der Waals surface area (Å²) in [5.41, 5.74) is 0. The molecule has 0 saturated carbocycles. The van der Waals surface area contributed by atoms with Crippen molar-refractivity contribution < 1.29 is 69.5 Å². The van der Waals surface area contributed by atoms with Crippen LogP contribution in [0.25, 0.3) is 0 Å². The summed E-state index contributed by atoms with van der Waals surface area (Å²) in [5.74, 6) is -0.981. The van der Waals surface area contributed by atoms with Crippen molar-refractivity contribution in [3.8, 4) is 0 Å². The predicted molar refractivity (Wildman–Crippen MR) is 18.9 cm³/mol. The molecular weight excluding hydrogens is 153 g/mol. The first-order valence-electron chi connectivity index (χ1n) is 1.12. The Kier molecular flexibility index (Phi) is 10.1. The van der Waals surface area contributed by atoms with Gasteiger partial charge in [-0.15, -0.1) is 0 Å². The molecule has 0 saturated heterocycles. The summed E-state index contributed by atoms with van der Waals surface area (Å²) in [6.07, 6.45) is 0.833. The second-order valence-corrected chi connectivity index (χ2v) is 0.542. The van der Waals surface area contributed by atoms with Gasteiger partial charge in [-0.05, 0) is 0 Å². The number of rotatable bonds is 1. The Hall–Kier alpha value is 1.02. The van der Waals surface area contributed by atoms with Crippen LogP contribution in [-0.2, 0) is 4.79 Å². The average molecular weight is 159 g/mol. The molecule has 0 unspecified atom stereocenters. The third-order valence-electron chi connectivity index (χ3n) is 0.175. The van der Waals surface area contributed by atoms with Crippen molar-refractivity contribution in [2.45, 2.75) is 0 Å². The Morgan fingerprint density at radius 2 is 2.17 bits per heavy atom. The molecule has 0 aromatic carbocycles. The molecule has 0 aliphatic carbocycles. The van der Waals surface area contributed by atoms with E-state index in [1.54, 1.807) is 0 Å². The van der Waals surface area contributed by atoms with Gasteiger partial charge in [-0.25, -0.2) is 4.79 Å². The van der Waals surface area contributed by atoms with E-state index in [1.165, 1.54) is 0 Å². The first kappa shape index (κ1) is 10.1. The predicted octanol–water partition coefficient (Wildman–Crippen LogP) is -2.63. The zero-order valence-corrected chi connectivity index (χ0v) is 8.56. The molecule has 0 aromatic rings. The van der Waals surface area contributed by atoms with Crippen molar-refractivity contribution in [1.82, 2.24) is 0 Å². The minimum atomic E-state index is -0.981. The normalized spacial score (nSPS) is 5.33. The summed E-state index contributed by atoms with van der Waals surface area (Å²) in [4.78, 5) is 9.25. The maximum atomic E-state index is 9.25. The zero-order chi connectivity index (χ0) is 4.28. The molecule has 0 atom stereocenters. The molecule has 0 bridgehead atoms. The van der Waals surface area contributed by atoms with Gasteiger partial charge < -0.3 is 6.53 Å². The molecule has 0 aliphatic heterocycles. The van der Waals surface area contributed by atoms with E-state index >= 15 is 0 Å². The third kappa shape index (κ3) is 8.89. The van der Waals surface area contributed by atoms with Crippen molar-refractivity contribution in [3.05, 3.63) is 12.7 Å². The fraction of sp³-hybridized carbons (Fsp3) is 0. The maximum Gasteiger partial charge on any atom is 1.00 e. The van der Waals surface area contributed by atoms with Crippen molar-refractivity contribution in [3.63, 3.8) is 0 Å². The Bertz CT molecular complexity index is 64.0. The van der Waals surface area contributed by atoms with Crippen LogP contribution in [-0.4, -0.2) is 11.1 Å². The van der Waals surface area contributed by atoms with Crippen LogP contribution in [0.2, 0.25) is 0 Å². The van der Waals surface area contributed by atoms with E-state index in [0.29, 0.717) is 0 Å². The van der Waals surface area contributed by atoms with Crippen LogP contribution >= 0.6 is 0 Å². The smallest absolute Gasteiger partial charge is 1.00 e. The number of hydrogen-bond donors (Lipinski definition) is 1. The molecule has 0 radical (unpaired) electrons. The third-order valence-corrected chi connectivity index (χ3v) is 0.175. The maximum absolute atomic E-state index is 9.25. The summed E-state index contributed by atoms with van der Waals surface area (Å²) >= 11 is 0. The van der Waals surface area contributed by atoms with E-state index in [0.717, 1.165) is 6.08 Å². The minimum Gasteiger partial charge on any atom is -1.00 e. The Balaban J connectivity index is -0.0000000800. The van der Waals surface area contributed by atoms with E-state index in [9.17, 15) is 4.79 Å². The van der Waals surface area contributed by atoms with Gasteiger partial charge in [-0.3, -0.25) is 0 Å². The molecule has 0 heterocycles. The molecule has 0 rings (SSSR count). The zero-order valence-electron chi connectivity index (χ0n) is 4.64. The Morgan fingerprint density at radius 1 is 2.00 bits per heavy atom. The van der Waals surface area contributed by atoms with Crippen LogP contribution in [0.3, 0.4) is 0 Å². The van der Waals surface area contributed by atoms with Crippen LogP contribution in [0.5, 0.6) is 0 Å². The molecule has 0 aliphatic rings. The summed E-state index contributed by atoms with van der Waals surface area (Å²) in [7, 11) is 0. The number of carboxylic acid groups (broad SMARTS) is 1. The van der Waals surface area contributed by atoms with Gasteiger partial charge in [0.1, 0.15) is 0 Å². The average Bonchev–Trinajstić information content (AvgIpc) is 1.38. The van der Waals surface area contributed by atoms with Crippen molar-refractivity contribution >= 4 is 5.97 Å². The standard InChI is InChI=1S/C3H4O2.Rb.H/c1-2-3(4)5;;/h2H,1H2,(H,4,5);;/q;+1;-1. The Morgan fingerprint density at radius 3 is 2.17 bits per heavy atom. The molecule has 30 valence electrons. The molecule has 0 spiro atoms. The topological polar surface area (TPSA) is 37.3 Å². The van der Waals surface area contributed by atoms with E-state index in [-0.39, 0.29) is 59.6 Å². The van der Waals surface area contributed by atoms with Crippen LogP contribution in [0.1, 0.15) is 1.43 Å². The molecule has 1 N–H and O–H groups in total. The van der Waals surface area contributed by atoms with Gasteiger partial charge in [0.2, 0.25) is 0 Å². The number of carbonyl (C=O) groups is 1. The first-order chi connectivity index (χ1) is 2.27. The largest absolute Gasteiger partial charge is 1.00 e. The summed E-state index contributed by atoms with van der Waals surface area (Å²) < 4.78 is 0. The van der Waals surface area contributed by atoms with Gasteiger partial charge in [-0.1, -0.05) is 6.58 Å². The van der Waals surface area contributed by atoms with Crippen LogP contribution in [0.4, 0.5) is 0 Å². The van der Waals surface area contributed by atoms with Crippen LogP contribution in [0.15, 0.2) is 12.7 Å². The monoisotopic (exact) mass is 158 g/mol. The fourth-order valence-corrected chi connectivity index (χ4v) is 0. The molecular formula is C3H5O2Rb.